The minimum absolute atomic E-state index is 0.529. The number of aliphatic hydroxyl groups is 1. The molecule has 5 nitrogen and oxygen atoms in total. The Labute approximate surface area is 107 Å². The highest BCUT2D eigenvalue weighted by molar-refractivity contribution is 5.21. The summed E-state index contributed by atoms with van der Waals surface area (Å²) in [5.74, 6) is 0. The van der Waals surface area contributed by atoms with E-state index in [9.17, 15) is 5.11 Å². The summed E-state index contributed by atoms with van der Waals surface area (Å²) >= 11 is 0. The van der Waals surface area contributed by atoms with Crippen molar-refractivity contribution in [2.75, 3.05) is 0 Å². The normalized spacial score (nSPS) is 12.9. The molecule has 0 fully saturated rings. The lowest BCUT2D eigenvalue weighted by Gasteiger charge is -2.10. The quantitative estimate of drug-likeness (QED) is 0.887. The van der Waals surface area contributed by atoms with E-state index in [0.29, 0.717) is 6.42 Å². The lowest BCUT2D eigenvalue weighted by Crippen LogP contribution is -2.07. The second-order valence-corrected chi connectivity index (χ2v) is 4.63. The van der Waals surface area contributed by atoms with Crippen LogP contribution in [0.15, 0.2) is 12.3 Å². The van der Waals surface area contributed by atoms with Crippen molar-refractivity contribution < 1.29 is 5.11 Å². The van der Waals surface area contributed by atoms with Crippen molar-refractivity contribution >= 4 is 0 Å². The van der Waals surface area contributed by atoms with Gasteiger partial charge in [0.1, 0.15) is 0 Å². The molecular formula is C13H20N4O. The molecule has 2 aromatic heterocycles. The smallest absolute Gasteiger partial charge is 0.0878 e. The number of nitrogens with zero attached hydrogens (tertiary/aromatic N) is 4. The Morgan fingerprint density at radius 2 is 2.06 bits per heavy atom. The van der Waals surface area contributed by atoms with Crippen molar-refractivity contribution in [1.29, 1.82) is 0 Å². The molecule has 0 radical (unpaired) electrons. The molecule has 0 amide bonds. The molecule has 0 saturated heterocycles. The second kappa shape index (κ2) is 4.94. The van der Waals surface area contributed by atoms with Crippen molar-refractivity contribution in [2.24, 2.45) is 14.1 Å². The molecule has 98 valence electrons. The van der Waals surface area contributed by atoms with Crippen LogP contribution in [-0.4, -0.2) is 24.7 Å². The van der Waals surface area contributed by atoms with Crippen LogP contribution in [0.5, 0.6) is 0 Å². The Kier molecular flexibility index (Phi) is 3.52. The minimum atomic E-state index is -0.529. The van der Waals surface area contributed by atoms with Gasteiger partial charge in [0.2, 0.25) is 0 Å². The van der Waals surface area contributed by atoms with E-state index in [4.69, 9.17) is 0 Å². The van der Waals surface area contributed by atoms with Gasteiger partial charge >= 0.3 is 0 Å². The molecule has 1 unspecified atom stereocenters. The van der Waals surface area contributed by atoms with Crippen molar-refractivity contribution in [2.45, 2.75) is 32.8 Å². The number of hydrogen-bond acceptors (Lipinski definition) is 3. The fourth-order valence-electron chi connectivity index (χ4n) is 2.09. The molecule has 2 rings (SSSR count). The summed E-state index contributed by atoms with van der Waals surface area (Å²) in [6, 6.07) is 2.05. The number of aliphatic hydroxyl groups excluding tert-OH is 1. The Bertz CT molecular complexity index is 541. The van der Waals surface area contributed by atoms with Crippen LogP contribution in [0.1, 0.15) is 35.7 Å². The van der Waals surface area contributed by atoms with Gasteiger partial charge in [-0.3, -0.25) is 9.36 Å². The fourth-order valence-corrected chi connectivity index (χ4v) is 2.09. The lowest BCUT2D eigenvalue weighted by atomic mass is 10.1. The molecule has 0 aliphatic heterocycles. The predicted molar refractivity (Wildman–Crippen MR) is 69.2 cm³/mol. The van der Waals surface area contributed by atoms with E-state index in [2.05, 4.69) is 23.2 Å². The molecule has 1 N–H and O–H groups in total. The molecule has 0 saturated carbocycles. The van der Waals surface area contributed by atoms with E-state index in [1.54, 1.807) is 10.9 Å². The van der Waals surface area contributed by atoms with Crippen LogP contribution in [0.3, 0.4) is 0 Å². The molecular weight excluding hydrogens is 228 g/mol. The molecule has 0 aromatic carbocycles. The number of hydrogen-bond donors (Lipinski definition) is 1. The zero-order chi connectivity index (χ0) is 13.3. The molecule has 2 aromatic rings. The van der Waals surface area contributed by atoms with Gasteiger partial charge in [-0.25, -0.2) is 0 Å². The van der Waals surface area contributed by atoms with Crippen LogP contribution in [0, 0.1) is 6.92 Å². The maximum absolute atomic E-state index is 10.3. The number of rotatable bonds is 4. The average Bonchev–Trinajstić information content (AvgIpc) is 2.85. The summed E-state index contributed by atoms with van der Waals surface area (Å²) in [7, 11) is 3.79. The van der Waals surface area contributed by atoms with E-state index in [-0.39, 0.29) is 0 Å². The SMILES string of the molecule is CCc1cc(CC(O)c2cnn(C)c2C)n(C)n1. The van der Waals surface area contributed by atoms with Crippen LogP contribution >= 0.6 is 0 Å². The lowest BCUT2D eigenvalue weighted by molar-refractivity contribution is 0.175. The maximum atomic E-state index is 10.3. The van der Waals surface area contributed by atoms with Crippen LogP contribution in [0.4, 0.5) is 0 Å². The van der Waals surface area contributed by atoms with E-state index >= 15 is 0 Å². The Morgan fingerprint density at radius 3 is 2.56 bits per heavy atom. The van der Waals surface area contributed by atoms with Crippen LogP contribution in [0.25, 0.3) is 0 Å². The van der Waals surface area contributed by atoms with E-state index in [0.717, 1.165) is 29.1 Å². The predicted octanol–water partition coefficient (Wildman–Crippen LogP) is 1.30. The van der Waals surface area contributed by atoms with Crippen molar-refractivity contribution in [3.8, 4) is 0 Å². The van der Waals surface area contributed by atoms with Gasteiger partial charge in [0.25, 0.3) is 0 Å². The molecule has 18 heavy (non-hydrogen) atoms. The molecule has 1 atom stereocenters. The largest absolute Gasteiger partial charge is 0.388 e. The van der Waals surface area contributed by atoms with Crippen molar-refractivity contribution in [3.05, 3.63) is 34.9 Å². The summed E-state index contributed by atoms with van der Waals surface area (Å²) < 4.78 is 3.62. The molecule has 0 spiro atoms. The van der Waals surface area contributed by atoms with Crippen LogP contribution in [0.2, 0.25) is 0 Å². The van der Waals surface area contributed by atoms with Gasteiger partial charge in [-0.05, 0) is 19.4 Å². The number of aryl methyl sites for hydroxylation is 3. The average molecular weight is 248 g/mol. The standard InChI is InChI=1S/C13H20N4O/c1-5-10-6-11(17(4)15-10)7-13(18)12-8-14-16(3)9(12)2/h6,8,13,18H,5,7H2,1-4H3. The van der Waals surface area contributed by atoms with E-state index < -0.39 is 6.10 Å². The first-order valence-corrected chi connectivity index (χ1v) is 6.21. The van der Waals surface area contributed by atoms with E-state index in [1.165, 1.54) is 0 Å². The van der Waals surface area contributed by atoms with Gasteiger partial charge < -0.3 is 5.11 Å². The molecule has 0 aliphatic carbocycles. The molecule has 0 bridgehead atoms. The maximum Gasteiger partial charge on any atom is 0.0878 e. The fraction of sp³-hybridized carbons (Fsp3) is 0.538. The van der Waals surface area contributed by atoms with Crippen molar-refractivity contribution in [3.63, 3.8) is 0 Å². The Morgan fingerprint density at radius 1 is 1.33 bits per heavy atom. The zero-order valence-electron chi connectivity index (χ0n) is 11.4. The second-order valence-electron chi connectivity index (χ2n) is 4.63. The summed E-state index contributed by atoms with van der Waals surface area (Å²) in [4.78, 5) is 0. The van der Waals surface area contributed by atoms with Crippen molar-refractivity contribution in [1.82, 2.24) is 19.6 Å². The minimum Gasteiger partial charge on any atom is -0.388 e. The van der Waals surface area contributed by atoms with Gasteiger partial charge in [-0.2, -0.15) is 10.2 Å². The molecule has 2 heterocycles. The third kappa shape index (κ3) is 2.31. The molecule has 0 aliphatic rings. The zero-order valence-corrected chi connectivity index (χ0v) is 11.4. The van der Waals surface area contributed by atoms with E-state index in [1.807, 2.05) is 25.7 Å². The highest BCUT2D eigenvalue weighted by atomic mass is 16.3. The first-order chi connectivity index (χ1) is 8.52. The van der Waals surface area contributed by atoms with Gasteiger partial charge in [0, 0.05) is 37.5 Å². The van der Waals surface area contributed by atoms with Crippen LogP contribution < -0.4 is 0 Å². The highest BCUT2D eigenvalue weighted by Crippen LogP contribution is 2.21. The Hall–Kier alpha value is -1.62. The summed E-state index contributed by atoms with van der Waals surface area (Å²) in [5, 5.41) is 18.8. The number of aromatic nitrogens is 4. The third-order valence-electron chi connectivity index (χ3n) is 3.42. The monoisotopic (exact) mass is 248 g/mol. The Balaban J connectivity index is 2.18. The van der Waals surface area contributed by atoms with Gasteiger partial charge in [-0.1, -0.05) is 6.92 Å². The van der Waals surface area contributed by atoms with Gasteiger partial charge in [-0.15, -0.1) is 0 Å². The van der Waals surface area contributed by atoms with Gasteiger partial charge in [0.05, 0.1) is 18.0 Å². The first kappa shape index (κ1) is 12.8. The topological polar surface area (TPSA) is 55.9 Å². The highest BCUT2D eigenvalue weighted by Gasteiger charge is 2.16. The molecule has 5 heteroatoms. The third-order valence-corrected chi connectivity index (χ3v) is 3.42. The summed E-state index contributed by atoms with van der Waals surface area (Å²) in [5.41, 5.74) is 3.99. The van der Waals surface area contributed by atoms with Crippen LogP contribution in [-0.2, 0) is 26.9 Å². The first-order valence-electron chi connectivity index (χ1n) is 6.21. The summed E-state index contributed by atoms with van der Waals surface area (Å²) in [6.07, 6.45) is 2.68. The summed E-state index contributed by atoms with van der Waals surface area (Å²) in [6.45, 7) is 4.04. The van der Waals surface area contributed by atoms with Gasteiger partial charge in [0.15, 0.2) is 0 Å².